The molecule has 2 unspecified atom stereocenters. The first-order valence-corrected chi connectivity index (χ1v) is 12.5. The SMILES string of the molecule is CCCCCCCC(CCCCCCC(O)CCCCCC)S(=O)(=O)[O-].[Na+]. The first kappa shape index (κ1) is 30.1. The van der Waals surface area contributed by atoms with Crippen LogP contribution in [0.4, 0.5) is 0 Å². The standard InChI is InChI=1S/C21H44O4S.Na/c1-3-5-7-9-14-18-21(26(23,24)25)19-15-11-10-13-17-20(22)16-12-8-6-4-2;/h20-22H,3-19H2,1-2H3,(H,23,24,25);/q;+1/p-1. The topological polar surface area (TPSA) is 77.4 Å². The summed E-state index contributed by atoms with van der Waals surface area (Å²) in [7, 11) is -4.17. The molecule has 158 valence electrons. The van der Waals surface area contributed by atoms with Crippen molar-refractivity contribution in [3.8, 4) is 0 Å². The quantitative estimate of drug-likeness (QED) is 0.200. The van der Waals surface area contributed by atoms with Crippen LogP contribution in [-0.4, -0.2) is 29.4 Å². The van der Waals surface area contributed by atoms with E-state index in [0.717, 1.165) is 70.6 Å². The minimum absolute atomic E-state index is 0. The third-order valence-electron chi connectivity index (χ3n) is 5.24. The van der Waals surface area contributed by atoms with Crippen molar-refractivity contribution >= 4 is 10.1 Å². The van der Waals surface area contributed by atoms with Gasteiger partial charge in [0.05, 0.1) is 16.2 Å². The van der Waals surface area contributed by atoms with Crippen molar-refractivity contribution in [1.82, 2.24) is 0 Å². The average Bonchev–Trinajstić information content (AvgIpc) is 2.58. The Morgan fingerprint density at radius 1 is 0.667 bits per heavy atom. The molecule has 0 rings (SSSR count). The Morgan fingerprint density at radius 2 is 1.00 bits per heavy atom. The Morgan fingerprint density at radius 3 is 1.37 bits per heavy atom. The molecule has 4 nitrogen and oxygen atoms in total. The van der Waals surface area contributed by atoms with Gasteiger partial charge >= 0.3 is 29.6 Å². The smallest absolute Gasteiger partial charge is 0.748 e. The van der Waals surface area contributed by atoms with Crippen LogP contribution >= 0.6 is 0 Å². The van der Waals surface area contributed by atoms with Crippen LogP contribution < -0.4 is 29.6 Å². The average molecular weight is 415 g/mol. The first-order chi connectivity index (χ1) is 12.4. The second-order valence-corrected chi connectivity index (χ2v) is 9.46. The Kier molecular flexibility index (Phi) is 22.4. The molecule has 0 bridgehead atoms. The predicted octanol–water partition coefficient (Wildman–Crippen LogP) is 2.94. The van der Waals surface area contributed by atoms with E-state index in [2.05, 4.69) is 13.8 Å². The van der Waals surface area contributed by atoms with Gasteiger partial charge in [-0.1, -0.05) is 97.3 Å². The molecule has 0 aromatic rings. The third-order valence-corrected chi connectivity index (χ3v) is 6.53. The van der Waals surface area contributed by atoms with E-state index < -0.39 is 15.4 Å². The van der Waals surface area contributed by atoms with Gasteiger partial charge in [0.1, 0.15) is 0 Å². The molecule has 0 aliphatic heterocycles. The zero-order valence-corrected chi connectivity index (χ0v) is 21.1. The Hall–Kier alpha value is 0.870. The Bertz CT molecular complexity index is 401. The maximum absolute atomic E-state index is 11.4. The van der Waals surface area contributed by atoms with E-state index in [0.29, 0.717) is 12.8 Å². The van der Waals surface area contributed by atoms with Gasteiger partial charge < -0.3 is 9.66 Å². The molecule has 0 aliphatic carbocycles. The summed E-state index contributed by atoms with van der Waals surface area (Å²) in [6.07, 6.45) is 16.4. The minimum Gasteiger partial charge on any atom is -0.748 e. The van der Waals surface area contributed by atoms with Crippen LogP contribution in [0.15, 0.2) is 0 Å². The van der Waals surface area contributed by atoms with Gasteiger partial charge in [-0.3, -0.25) is 0 Å². The van der Waals surface area contributed by atoms with Gasteiger partial charge in [0.15, 0.2) is 0 Å². The molecular formula is C21H43NaO4S. The predicted molar refractivity (Wildman–Crippen MR) is 109 cm³/mol. The summed E-state index contributed by atoms with van der Waals surface area (Å²) in [6.45, 7) is 4.34. The van der Waals surface area contributed by atoms with Crippen LogP contribution in [0.5, 0.6) is 0 Å². The Balaban J connectivity index is 0. The van der Waals surface area contributed by atoms with Gasteiger partial charge in [0.25, 0.3) is 0 Å². The molecule has 0 saturated heterocycles. The summed E-state index contributed by atoms with van der Waals surface area (Å²) in [5.41, 5.74) is 0. The van der Waals surface area contributed by atoms with Gasteiger partial charge in [0, 0.05) is 5.25 Å². The number of rotatable bonds is 19. The first-order valence-electron chi connectivity index (χ1n) is 11.0. The van der Waals surface area contributed by atoms with E-state index in [1.807, 2.05) is 0 Å². The van der Waals surface area contributed by atoms with E-state index in [-0.39, 0.29) is 35.7 Å². The van der Waals surface area contributed by atoms with Crippen LogP contribution in [0.1, 0.15) is 123 Å². The van der Waals surface area contributed by atoms with Gasteiger partial charge in [-0.05, 0) is 25.7 Å². The molecule has 2 atom stereocenters. The van der Waals surface area contributed by atoms with Gasteiger partial charge in [-0.15, -0.1) is 0 Å². The zero-order chi connectivity index (χ0) is 19.7. The summed E-state index contributed by atoms with van der Waals surface area (Å²) in [6, 6.07) is 0. The van der Waals surface area contributed by atoms with E-state index in [4.69, 9.17) is 0 Å². The van der Waals surface area contributed by atoms with E-state index in [1.165, 1.54) is 25.7 Å². The van der Waals surface area contributed by atoms with E-state index in [1.54, 1.807) is 0 Å². The number of aliphatic hydroxyl groups is 1. The molecule has 0 spiro atoms. The fourth-order valence-electron chi connectivity index (χ4n) is 3.47. The maximum atomic E-state index is 11.4. The van der Waals surface area contributed by atoms with Gasteiger partial charge in [-0.2, -0.15) is 0 Å². The minimum atomic E-state index is -4.17. The van der Waals surface area contributed by atoms with E-state index in [9.17, 15) is 18.1 Å². The van der Waals surface area contributed by atoms with Crippen molar-refractivity contribution in [3.05, 3.63) is 0 Å². The summed E-state index contributed by atoms with van der Waals surface area (Å²) >= 11 is 0. The fourth-order valence-corrected chi connectivity index (χ4v) is 4.38. The molecule has 27 heavy (non-hydrogen) atoms. The van der Waals surface area contributed by atoms with Crippen LogP contribution in [0, 0.1) is 0 Å². The van der Waals surface area contributed by atoms with Crippen molar-refractivity contribution in [2.45, 2.75) is 134 Å². The van der Waals surface area contributed by atoms with Crippen LogP contribution in [0.2, 0.25) is 0 Å². The van der Waals surface area contributed by atoms with Crippen molar-refractivity contribution in [2.24, 2.45) is 0 Å². The summed E-state index contributed by atoms with van der Waals surface area (Å²) < 4.78 is 34.3. The largest absolute Gasteiger partial charge is 1.00 e. The second-order valence-electron chi connectivity index (χ2n) is 7.81. The molecule has 0 radical (unpaired) electrons. The Labute approximate surface area is 191 Å². The summed E-state index contributed by atoms with van der Waals surface area (Å²) in [5, 5.41) is 9.24. The van der Waals surface area contributed by atoms with Crippen LogP contribution in [0.3, 0.4) is 0 Å². The van der Waals surface area contributed by atoms with Crippen molar-refractivity contribution < 1.29 is 47.6 Å². The second kappa shape index (κ2) is 20.2. The van der Waals surface area contributed by atoms with Crippen molar-refractivity contribution in [2.75, 3.05) is 0 Å². The van der Waals surface area contributed by atoms with Crippen LogP contribution in [-0.2, 0) is 10.1 Å². The van der Waals surface area contributed by atoms with Crippen LogP contribution in [0.25, 0.3) is 0 Å². The summed E-state index contributed by atoms with van der Waals surface area (Å²) in [4.78, 5) is 0. The molecule has 1 N–H and O–H groups in total. The molecule has 6 heteroatoms. The molecule has 0 heterocycles. The van der Waals surface area contributed by atoms with Crippen molar-refractivity contribution in [1.29, 1.82) is 0 Å². The molecule has 0 aromatic carbocycles. The maximum Gasteiger partial charge on any atom is 1.00 e. The van der Waals surface area contributed by atoms with Crippen molar-refractivity contribution in [3.63, 3.8) is 0 Å². The molecule has 0 fully saturated rings. The van der Waals surface area contributed by atoms with Gasteiger partial charge in [0.2, 0.25) is 0 Å². The molecular weight excluding hydrogens is 371 g/mol. The molecule has 0 amide bonds. The number of hydrogen-bond donors (Lipinski definition) is 1. The number of hydrogen-bond acceptors (Lipinski definition) is 4. The monoisotopic (exact) mass is 414 g/mol. The summed E-state index contributed by atoms with van der Waals surface area (Å²) in [5.74, 6) is 0. The molecule has 0 aliphatic rings. The number of aliphatic hydroxyl groups excluding tert-OH is 1. The molecule has 0 aromatic heterocycles. The number of unbranched alkanes of at least 4 members (excludes halogenated alkanes) is 10. The zero-order valence-electron chi connectivity index (χ0n) is 18.3. The fraction of sp³-hybridized carbons (Fsp3) is 1.00. The molecule has 0 saturated carbocycles. The normalized spacial score (nSPS) is 13.9. The van der Waals surface area contributed by atoms with E-state index >= 15 is 0 Å². The third kappa shape index (κ3) is 19.9. The van der Waals surface area contributed by atoms with Gasteiger partial charge in [-0.25, -0.2) is 8.42 Å².